The number of benzene rings is 1. The van der Waals surface area contributed by atoms with Crippen molar-refractivity contribution in [2.45, 2.75) is 45.4 Å². The van der Waals surface area contributed by atoms with E-state index in [9.17, 15) is 9.90 Å². The fourth-order valence-corrected chi connectivity index (χ4v) is 2.87. The zero-order valence-electron chi connectivity index (χ0n) is 12.2. The predicted molar refractivity (Wildman–Crippen MR) is 84.9 cm³/mol. The van der Waals surface area contributed by atoms with Crippen LogP contribution < -0.4 is 5.43 Å². The van der Waals surface area contributed by atoms with Gasteiger partial charge in [0, 0.05) is 10.7 Å². The molecule has 0 aromatic heterocycles. The quantitative estimate of drug-likeness (QED) is 0.822. The van der Waals surface area contributed by atoms with Gasteiger partial charge < -0.3 is 5.11 Å². The molecule has 1 aromatic carbocycles. The minimum atomic E-state index is -0.432. The van der Waals surface area contributed by atoms with Gasteiger partial charge in [0.1, 0.15) is 5.75 Å². The molecule has 114 valence electrons. The minimum Gasteiger partial charge on any atom is -0.507 e. The summed E-state index contributed by atoms with van der Waals surface area (Å²) in [5, 5.41) is 14.3. The maximum absolute atomic E-state index is 12.0. The Morgan fingerprint density at radius 1 is 1.43 bits per heavy atom. The fourth-order valence-electron chi connectivity index (χ4n) is 2.70. The number of carbonyl (C=O) groups excluding carboxylic acids is 1. The average Bonchev–Trinajstić information content (AvgIpc) is 2.49. The van der Waals surface area contributed by atoms with E-state index in [4.69, 9.17) is 11.6 Å². The second-order valence-corrected chi connectivity index (χ2v) is 5.95. The van der Waals surface area contributed by atoms with Crippen molar-refractivity contribution >= 4 is 23.2 Å². The summed E-state index contributed by atoms with van der Waals surface area (Å²) in [5.41, 5.74) is 3.68. The lowest BCUT2D eigenvalue weighted by Gasteiger charge is -2.22. The number of aromatic hydroxyl groups is 1. The Bertz CT molecular complexity index is 533. The highest BCUT2D eigenvalue weighted by atomic mass is 35.5. The largest absolute Gasteiger partial charge is 0.507 e. The Labute approximate surface area is 130 Å². The van der Waals surface area contributed by atoms with Crippen molar-refractivity contribution in [3.8, 4) is 5.75 Å². The summed E-state index contributed by atoms with van der Waals surface area (Å²) >= 11 is 5.83. The third-order valence-electron chi connectivity index (χ3n) is 3.90. The van der Waals surface area contributed by atoms with Gasteiger partial charge >= 0.3 is 0 Å². The topological polar surface area (TPSA) is 61.7 Å². The number of nitrogens with one attached hydrogen (secondary N) is 1. The zero-order chi connectivity index (χ0) is 15.2. The number of amides is 1. The number of nitrogens with zero attached hydrogens (tertiary/aromatic N) is 1. The Morgan fingerprint density at radius 2 is 2.14 bits per heavy atom. The number of hydrogen-bond donors (Lipinski definition) is 2. The van der Waals surface area contributed by atoms with Gasteiger partial charge in [-0.3, -0.25) is 4.79 Å². The van der Waals surface area contributed by atoms with Gasteiger partial charge in [-0.05, 0) is 49.8 Å². The number of carbonyl (C=O) groups is 1. The van der Waals surface area contributed by atoms with Gasteiger partial charge in [0.15, 0.2) is 0 Å². The molecule has 5 heteroatoms. The lowest BCUT2D eigenvalue weighted by atomic mass is 9.85. The van der Waals surface area contributed by atoms with E-state index in [1.165, 1.54) is 31.0 Å². The van der Waals surface area contributed by atoms with E-state index in [2.05, 4.69) is 17.5 Å². The summed E-state index contributed by atoms with van der Waals surface area (Å²) in [6.07, 6.45) is 6.66. The van der Waals surface area contributed by atoms with Crippen LogP contribution in [0.25, 0.3) is 0 Å². The van der Waals surface area contributed by atoms with Crippen molar-refractivity contribution in [1.29, 1.82) is 0 Å². The van der Waals surface area contributed by atoms with Crippen molar-refractivity contribution in [2.24, 2.45) is 11.0 Å². The van der Waals surface area contributed by atoms with Crippen LogP contribution in [0.4, 0.5) is 0 Å². The molecule has 1 saturated carbocycles. The molecule has 0 radical (unpaired) electrons. The van der Waals surface area contributed by atoms with Crippen LogP contribution in [0.3, 0.4) is 0 Å². The summed E-state index contributed by atoms with van der Waals surface area (Å²) in [7, 11) is 0. The summed E-state index contributed by atoms with van der Waals surface area (Å²) in [6.45, 7) is 2.21. The number of halogens is 1. The third kappa shape index (κ3) is 4.46. The molecule has 0 bridgehead atoms. The summed E-state index contributed by atoms with van der Waals surface area (Å²) in [6, 6.07) is 4.37. The molecule has 0 saturated heterocycles. The number of rotatable bonds is 4. The van der Waals surface area contributed by atoms with Gasteiger partial charge in [-0.1, -0.05) is 31.4 Å². The Kier molecular flexibility index (Phi) is 5.62. The first kappa shape index (κ1) is 15.8. The van der Waals surface area contributed by atoms with E-state index >= 15 is 0 Å². The highest BCUT2D eigenvalue weighted by molar-refractivity contribution is 6.31. The molecule has 4 nitrogen and oxygen atoms in total. The monoisotopic (exact) mass is 308 g/mol. The number of phenols is 1. The molecule has 0 unspecified atom stereocenters. The Morgan fingerprint density at radius 3 is 2.81 bits per heavy atom. The van der Waals surface area contributed by atoms with Crippen LogP contribution in [-0.2, 0) is 0 Å². The molecule has 0 aliphatic heterocycles. The lowest BCUT2D eigenvalue weighted by molar-refractivity contribution is 0.0952. The van der Waals surface area contributed by atoms with Crippen LogP contribution in [0, 0.1) is 5.92 Å². The minimum absolute atomic E-state index is 0.0937. The second kappa shape index (κ2) is 7.46. The van der Waals surface area contributed by atoms with E-state index in [1.54, 1.807) is 0 Å². The van der Waals surface area contributed by atoms with E-state index in [-0.39, 0.29) is 11.3 Å². The molecule has 1 aliphatic rings. The summed E-state index contributed by atoms with van der Waals surface area (Å²) in [4.78, 5) is 12.0. The van der Waals surface area contributed by atoms with Gasteiger partial charge in [0.05, 0.1) is 5.56 Å². The normalized spacial score (nSPS) is 18.4. The smallest absolute Gasteiger partial charge is 0.275 e. The summed E-state index contributed by atoms with van der Waals surface area (Å²) in [5.74, 6) is 0.267. The molecule has 2 N–H and O–H groups in total. The molecule has 1 aromatic rings. The molecule has 0 spiro atoms. The molecular formula is C16H21ClN2O2. The molecule has 21 heavy (non-hydrogen) atoms. The maximum Gasteiger partial charge on any atom is 0.275 e. The predicted octanol–water partition coefficient (Wildman–Crippen LogP) is 4.12. The lowest BCUT2D eigenvalue weighted by Crippen LogP contribution is -2.22. The van der Waals surface area contributed by atoms with E-state index in [0.29, 0.717) is 5.02 Å². The van der Waals surface area contributed by atoms with Crippen molar-refractivity contribution in [3.05, 3.63) is 28.8 Å². The highest BCUT2D eigenvalue weighted by Crippen LogP contribution is 2.26. The molecule has 1 aliphatic carbocycles. The van der Waals surface area contributed by atoms with Crippen molar-refractivity contribution in [1.82, 2.24) is 5.43 Å². The van der Waals surface area contributed by atoms with Crippen molar-refractivity contribution in [3.63, 3.8) is 0 Å². The first-order chi connectivity index (χ1) is 10.1. The van der Waals surface area contributed by atoms with Crippen LogP contribution in [0.1, 0.15) is 55.8 Å². The number of phenolic OH excluding ortho intramolecular Hbond substituents is 1. The van der Waals surface area contributed by atoms with E-state index in [1.807, 2.05) is 0 Å². The molecule has 0 heterocycles. The Hall–Kier alpha value is -1.55. The first-order valence-corrected chi connectivity index (χ1v) is 7.82. The second-order valence-electron chi connectivity index (χ2n) is 5.51. The molecule has 1 amide bonds. The third-order valence-corrected chi connectivity index (χ3v) is 4.13. The van der Waals surface area contributed by atoms with Gasteiger partial charge in [-0.2, -0.15) is 5.10 Å². The maximum atomic E-state index is 12.0. The van der Waals surface area contributed by atoms with Crippen molar-refractivity contribution in [2.75, 3.05) is 0 Å². The number of hydrazone groups is 1. The fraction of sp³-hybridized carbons (Fsp3) is 0.500. The zero-order valence-corrected chi connectivity index (χ0v) is 13.0. The summed E-state index contributed by atoms with van der Waals surface area (Å²) < 4.78 is 0. The van der Waals surface area contributed by atoms with E-state index in [0.717, 1.165) is 37.3 Å². The van der Waals surface area contributed by atoms with Crippen LogP contribution in [0.2, 0.25) is 5.02 Å². The first-order valence-electron chi connectivity index (χ1n) is 7.44. The van der Waals surface area contributed by atoms with Gasteiger partial charge in [-0.15, -0.1) is 0 Å². The standard InChI is InChI=1S/C16H21ClN2O2/c1-2-3-11-4-7-13(8-5-11)18-19-16(21)14-10-12(17)6-9-15(14)20/h6,9-11,20H,2-5,7-8H2,1H3,(H,19,21). The van der Waals surface area contributed by atoms with Crippen LogP contribution in [0.15, 0.2) is 23.3 Å². The molecule has 2 rings (SSSR count). The molecule has 0 atom stereocenters. The van der Waals surface area contributed by atoms with Crippen LogP contribution in [0.5, 0.6) is 5.75 Å². The van der Waals surface area contributed by atoms with Crippen LogP contribution in [-0.4, -0.2) is 16.7 Å². The van der Waals surface area contributed by atoms with Crippen LogP contribution >= 0.6 is 11.6 Å². The SMILES string of the molecule is CCCC1CCC(=NNC(=O)c2cc(Cl)ccc2O)CC1. The van der Waals surface area contributed by atoms with Gasteiger partial charge in [0.2, 0.25) is 0 Å². The van der Waals surface area contributed by atoms with Crippen molar-refractivity contribution < 1.29 is 9.90 Å². The molecular weight excluding hydrogens is 288 g/mol. The number of hydrogen-bond acceptors (Lipinski definition) is 3. The average molecular weight is 309 g/mol. The highest BCUT2D eigenvalue weighted by Gasteiger charge is 2.17. The molecule has 1 fully saturated rings. The van der Waals surface area contributed by atoms with Gasteiger partial charge in [-0.25, -0.2) is 5.43 Å². The van der Waals surface area contributed by atoms with Gasteiger partial charge in [0.25, 0.3) is 5.91 Å². The Balaban J connectivity index is 1.92. The van der Waals surface area contributed by atoms with E-state index < -0.39 is 5.91 Å².